The average Bonchev–Trinajstić information content (AvgIpc) is 2.81. The number of ether oxygens (including phenoxy) is 2. The molecule has 4 nitrogen and oxygen atoms in total. The summed E-state index contributed by atoms with van der Waals surface area (Å²) in [6.45, 7) is 5.44. The van der Waals surface area contributed by atoms with Crippen LogP contribution in [0.15, 0.2) is 47.4 Å². The summed E-state index contributed by atoms with van der Waals surface area (Å²) in [5.41, 5.74) is 2.30. The van der Waals surface area contributed by atoms with Gasteiger partial charge in [0.05, 0.1) is 18.5 Å². The molecule has 0 fully saturated rings. The molecule has 2 aromatic carbocycles. The minimum absolute atomic E-state index is 0.152. The number of fused-ring (bicyclic) bond motifs is 2. The van der Waals surface area contributed by atoms with Crippen LogP contribution in [0.1, 0.15) is 25.8 Å². The molecule has 136 valence electrons. The number of benzene rings is 2. The van der Waals surface area contributed by atoms with Crippen LogP contribution >= 0.6 is 11.8 Å². The van der Waals surface area contributed by atoms with Crippen LogP contribution < -0.4 is 14.4 Å². The van der Waals surface area contributed by atoms with Crippen LogP contribution in [0.3, 0.4) is 0 Å². The minimum atomic E-state index is -0.173. The van der Waals surface area contributed by atoms with Crippen molar-refractivity contribution >= 4 is 23.4 Å². The summed E-state index contributed by atoms with van der Waals surface area (Å²) in [5.74, 6) is 1.71. The summed E-state index contributed by atoms with van der Waals surface area (Å²) in [6.07, 6.45) is 1.81. The minimum Gasteiger partial charge on any atom is -0.490 e. The highest BCUT2D eigenvalue weighted by molar-refractivity contribution is 8.00. The fourth-order valence-corrected chi connectivity index (χ4v) is 4.51. The van der Waals surface area contributed by atoms with E-state index in [0.717, 1.165) is 34.9 Å². The number of anilines is 1. The number of amides is 1. The Morgan fingerprint density at radius 2 is 1.92 bits per heavy atom. The van der Waals surface area contributed by atoms with Gasteiger partial charge < -0.3 is 14.4 Å². The summed E-state index contributed by atoms with van der Waals surface area (Å²) in [7, 11) is 0. The topological polar surface area (TPSA) is 38.8 Å². The molecule has 0 bridgehead atoms. The third-order valence-electron chi connectivity index (χ3n) is 4.82. The van der Waals surface area contributed by atoms with E-state index in [0.29, 0.717) is 13.2 Å². The van der Waals surface area contributed by atoms with Gasteiger partial charge in [0.1, 0.15) is 0 Å². The van der Waals surface area contributed by atoms with E-state index in [1.807, 2.05) is 48.2 Å². The summed E-state index contributed by atoms with van der Waals surface area (Å²) in [4.78, 5) is 16.1. The average molecular weight is 369 g/mol. The zero-order valence-corrected chi connectivity index (χ0v) is 15.9. The second-order valence-corrected chi connectivity index (χ2v) is 8.22. The molecular weight excluding hydrogens is 346 g/mol. The van der Waals surface area contributed by atoms with E-state index in [2.05, 4.69) is 13.0 Å². The monoisotopic (exact) mass is 369 g/mol. The predicted octanol–water partition coefficient (Wildman–Crippen LogP) is 4.31. The number of carbonyl (C=O) groups excluding carboxylic acids is 1. The van der Waals surface area contributed by atoms with E-state index < -0.39 is 0 Å². The maximum Gasteiger partial charge on any atom is 0.240 e. The molecule has 2 aliphatic rings. The van der Waals surface area contributed by atoms with Crippen molar-refractivity contribution in [2.45, 2.75) is 42.9 Å². The molecule has 2 aliphatic heterocycles. The zero-order chi connectivity index (χ0) is 18.1. The first kappa shape index (κ1) is 17.3. The van der Waals surface area contributed by atoms with Gasteiger partial charge in [0.15, 0.2) is 11.5 Å². The molecule has 26 heavy (non-hydrogen) atoms. The summed E-state index contributed by atoms with van der Waals surface area (Å²) >= 11 is 1.57. The second-order valence-electron chi connectivity index (χ2n) is 6.81. The molecule has 2 aromatic rings. The largest absolute Gasteiger partial charge is 0.490 e. The SMILES string of the molecule is CC(Sc1ccc2c(c1)OCCCO2)C(=O)N1c2ccccc2CC1C. The summed E-state index contributed by atoms with van der Waals surface area (Å²) < 4.78 is 11.4. The number of hydrogen-bond acceptors (Lipinski definition) is 4. The van der Waals surface area contributed by atoms with Gasteiger partial charge in [-0.15, -0.1) is 11.8 Å². The number of hydrogen-bond donors (Lipinski definition) is 0. The standard InChI is InChI=1S/C21H23NO3S/c1-14-12-16-6-3-4-7-18(16)22(14)21(23)15(2)26-17-8-9-19-20(13-17)25-11-5-10-24-19/h3-4,6-9,13-15H,5,10-12H2,1-2H3. The molecule has 2 atom stereocenters. The Hall–Kier alpha value is -2.14. The van der Waals surface area contributed by atoms with Crippen molar-refractivity contribution in [2.75, 3.05) is 18.1 Å². The highest BCUT2D eigenvalue weighted by Crippen LogP contribution is 2.37. The van der Waals surface area contributed by atoms with Crippen molar-refractivity contribution in [1.29, 1.82) is 0 Å². The van der Waals surface area contributed by atoms with E-state index in [9.17, 15) is 4.79 Å². The molecule has 0 N–H and O–H groups in total. The lowest BCUT2D eigenvalue weighted by molar-refractivity contribution is -0.118. The van der Waals surface area contributed by atoms with Crippen molar-refractivity contribution in [3.05, 3.63) is 48.0 Å². The quantitative estimate of drug-likeness (QED) is 0.756. The molecule has 0 aliphatic carbocycles. The lowest BCUT2D eigenvalue weighted by Crippen LogP contribution is -2.40. The Morgan fingerprint density at radius 3 is 2.77 bits per heavy atom. The van der Waals surface area contributed by atoms with Crippen molar-refractivity contribution in [3.63, 3.8) is 0 Å². The second kappa shape index (κ2) is 7.23. The molecule has 0 spiro atoms. The smallest absolute Gasteiger partial charge is 0.240 e. The molecule has 1 amide bonds. The first-order chi connectivity index (χ1) is 12.6. The predicted molar refractivity (Wildman–Crippen MR) is 104 cm³/mol. The molecule has 0 aromatic heterocycles. The van der Waals surface area contributed by atoms with E-state index >= 15 is 0 Å². The highest BCUT2D eigenvalue weighted by Gasteiger charge is 2.33. The van der Waals surface area contributed by atoms with Gasteiger partial charge >= 0.3 is 0 Å². The van der Waals surface area contributed by atoms with Crippen LogP contribution in [0.5, 0.6) is 11.5 Å². The van der Waals surface area contributed by atoms with Gasteiger partial charge in [-0.25, -0.2) is 0 Å². The first-order valence-corrected chi connectivity index (χ1v) is 9.99. The number of rotatable bonds is 3. The lowest BCUT2D eigenvalue weighted by atomic mass is 10.1. The molecule has 0 saturated carbocycles. The van der Waals surface area contributed by atoms with Crippen LogP contribution in [0.25, 0.3) is 0 Å². The van der Waals surface area contributed by atoms with Crippen LogP contribution in [0.2, 0.25) is 0 Å². The number of carbonyl (C=O) groups is 1. The van der Waals surface area contributed by atoms with Crippen LogP contribution in [0, 0.1) is 0 Å². The molecular formula is C21H23NO3S. The zero-order valence-electron chi connectivity index (χ0n) is 15.1. The highest BCUT2D eigenvalue weighted by atomic mass is 32.2. The summed E-state index contributed by atoms with van der Waals surface area (Å²) in [6, 6.07) is 14.3. The maximum atomic E-state index is 13.1. The Kier molecular flexibility index (Phi) is 4.81. The molecule has 2 heterocycles. The Balaban J connectivity index is 1.51. The normalized spacial score (nSPS) is 19.6. The number of thioether (sulfide) groups is 1. The lowest BCUT2D eigenvalue weighted by Gasteiger charge is -2.26. The summed E-state index contributed by atoms with van der Waals surface area (Å²) in [5, 5.41) is -0.173. The number of para-hydroxylation sites is 1. The maximum absolute atomic E-state index is 13.1. The van der Waals surface area contributed by atoms with Crippen LogP contribution in [-0.4, -0.2) is 30.4 Å². The third kappa shape index (κ3) is 3.28. The van der Waals surface area contributed by atoms with E-state index in [1.165, 1.54) is 5.56 Å². The van der Waals surface area contributed by atoms with Crippen LogP contribution in [-0.2, 0) is 11.2 Å². The molecule has 0 saturated heterocycles. The van der Waals surface area contributed by atoms with Crippen molar-refractivity contribution in [1.82, 2.24) is 0 Å². The van der Waals surface area contributed by atoms with Crippen molar-refractivity contribution in [3.8, 4) is 11.5 Å². The molecule has 5 heteroatoms. The van der Waals surface area contributed by atoms with Gasteiger partial charge in [-0.05, 0) is 50.1 Å². The van der Waals surface area contributed by atoms with Gasteiger partial charge in [0.2, 0.25) is 5.91 Å². The van der Waals surface area contributed by atoms with E-state index in [4.69, 9.17) is 9.47 Å². The fraction of sp³-hybridized carbons (Fsp3) is 0.381. The number of nitrogens with zero attached hydrogens (tertiary/aromatic N) is 1. The Morgan fingerprint density at radius 1 is 1.15 bits per heavy atom. The van der Waals surface area contributed by atoms with E-state index in [-0.39, 0.29) is 17.2 Å². The third-order valence-corrected chi connectivity index (χ3v) is 5.91. The van der Waals surface area contributed by atoms with E-state index in [1.54, 1.807) is 11.8 Å². The van der Waals surface area contributed by atoms with Crippen LogP contribution in [0.4, 0.5) is 5.69 Å². The fourth-order valence-electron chi connectivity index (χ4n) is 3.57. The van der Waals surface area contributed by atoms with Gasteiger partial charge in [0, 0.05) is 23.0 Å². The molecule has 4 rings (SSSR count). The van der Waals surface area contributed by atoms with Gasteiger partial charge in [0.25, 0.3) is 0 Å². The molecule has 2 unspecified atom stereocenters. The van der Waals surface area contributed by atoms with Gasteiger partial charge in [-0.3, -0.25) is 4.79 Å². The Labute approximate surface area is 158 Å². The van der Waals surface area contributed by atoms with Gasteiger partial charge in [-0.2, -0.15) is 0 Å². The molecule has 0 radical (unpaired) electrons. The first-order valence-electron chi connectivity index (χ1n) is 9.11. The van der Waals surface area contributed by atoms with Crippen molar-refractivity contribution in [2.24, 2.45) is 0 Å². The van der Waals surface area contributed by atoms with Gasteiger partial charge in [-0.1, -0.05) is 18.2 Å². The Bertz CT molecular complexity index is 823. The van der Waals surface area contributed by atoms with Crippen molar-refractivity contribution < 1.29 is 14.3 Å².